The number of hydrogen-bond acceptors (Lipinski definition) is 4. The molecule has 7 heteroatoms. The highest BCUT2D eigenvalue weighted by Crippen LogP contribution is 2.18. The average Bonchev–Trinajstić information content (AvgIpc) is 2.96. The number of carbonyl (C=O) groups is 1. The van der Waals surface area contributed by atoms with E-state index in [4.69, 9.17) is 4.74 Å². The molecular weight excluding hydrogens is 282 g/mol. The van der Waals surface area contributed by atoms with Crippen LogP contribution < -0.4 is 5.32 Å². The zero-order valence-corrected chi connectivity index (χ0v) is 13.6. The van der Waals surface area contributed by atoms with E-state index in [0.717, 1.165) is 50.5 Å². The summed E-state index contributed by atoms with van der Waals surface area (Å²) in [6.45, 7) is 5.23. The molecule has 7 nitrogen and oxygen atoms in total. The van der Waals surface area contributed by atoms with Gasteiger partial charge in [0, 0.05) is 32.9 Å². The third-order valence-electron chi connectivity index (χ3n) is 3.93. The van der Waals surface area contributed by atoms with Crippen molar-refractivity contribution in [2.45, 2.75) is 26.3 Å². The molecule has 0 aliphatic carbocycles. The Morgan fingerprint density at radius 3 is 2.77 bits per heavy atom. The van der Waals surface area contributed by atoms with Crippen molar-refractivity contribution in [2.75, 3.05) is 33.8 Å². The normalized spacial score (nSPS) is 16.7. The number of esters is 1. The second-order valence-electron chi connectivity index (χ2n) is 5.54. The number of guanidine groups is 1. The second kappa shape index (κ2) is 7.82. The van der Waals surface area contributed by atoms with Crippen LogP contribution in [0.3, 0.4) is 0 Å². The van der Waals surface area contributed by atoms with Gasteiger partial charge < -0.3 is 15.0 Å². The van der Waals surface area contributed by atoms with Gasteiger partial charge in [0.15, 0.2) is 5.96 Å². The molecule has 122 valence electrons. The highest BCUT2D eigenvalue weighted by atomic mass is 16.5. The van der Waals surface area contributed by atoms with E-state index in [1.807, 2.05) is 24.0 Å². The van der Waals surface area contributed by atoms with E-state index in [9.17, 15) is 4.79 Å². The van der Waals surface area contributed by atoms with E-state index < -0.39 is 0 Å². The molecule has 1 aromatic heterocycles. The fourth-order valence-corrected chi connectivity index (χ4v) is 2.70. The van der Waals surface area contributed by atoms with Crippen LogP contribution in [-0.4, -0.2) is 60.4 Å². The van der Waals surface area contributed by atoms with Crippen LogP contribution >= 0.6 is 0 Å². The molecule has 0 spiro atoms. The molecular formula is C15H25N5O2. The number of piperidine rings is 1. The summed E-state index contributed by atoms with van der Waals surface area (Å²) in [6.07, 6.45) is 5.50. The number of methoxy groups -OCH3 is 1. The quantitative estimate of drug-likeness (QED) is 0.502. The fourth-order valence-electron chi connectivity index (χ4n) is 2.70. The first-order valence-corrected chi connectivity index (χ1v) is 7.66. The molecule has 1 saturated heterocycles. The summed E-state index contributed by atoms with van der Waals surface area (Å²) >= 11 is 0. The van der Waals surface area contributed by atoms with Gasteiger partial charge in [-0.05, 0) is 25.3 Å². The van der Waals surface area contributed by atoms with Crippen LogP contribution in [0.15, 0.2) is 17.4 Å². The minimum atomic E-state index is -0.100. The number of likely N-dealkylation sites (tertiary alicyclic amines) is 1. The molecule has 2 rings (SSSR count). The topological polar surface area (TPSA) is 71.8 Å². The summed E-state index contributed by atoms with van der Waals surface area (Å²) in [6, 6.07) is 0. The lowest BCUT2D eigenvalue weighted by molar-refractivity contribution is -0.146. The number of aliphatic imine (C=N–C) groups is 1. The highest BCUT2D eigenvalue weighted by Gasteiger charge is 2.26. The number of carbonyl (C=O) groups excluding carboxylic acids is 1. The third kappa shape index (κ3) is 4.22. The second-order valence-corrected chi connectivity index (χ2v) is 5.54. The maximum absolute atomic E-state index is 11.5. The highest BCUT2D eigenvalue weighted by molar-refractivity contribution is 5.80. The van der Waals surface area contributed by atoms with Crippen molar-refractivity contribution in [3.63, 3.8) is 0 Å². The maximum Gasteiger partial charge on any atom is 0.308 e. The first-order valence-electron chi connectivity index (χ1n) is 7.66. The monoisotopic (exact) mass is 307 g/mol. The van der Waals surface area contributed by atoms with Gasteiger partial charge in [0.25, 0.3) is 0 Å². The predicted molar refractivity (Wildman–Crippen MR) is 84.6 cm³/mol. The molecule has 1 fully saturated rings. The standard InChI is InChI=1S/C15H25N5O2/c1-12-10-18-20(11-12)9-6-17-15(16-2)19-7-4-13(5-8-19)14(21)22-3/h10-11,13H,4-9H2,1-3H3,(H,16,17). The number of aromatic nitrogens is 2. The van der Waals surface area contributed by atoms with Gasteiger partial charge in [-0.1, -0.05) is 0 Å². The first kappa shape index (κ1) is 16.3. The lowest BCUT2D eigenvalue weighted by Crippen LogP contribution is -2.47. The third-order valence-corrected chi connectivity index (χ3v) is 3.93. The van der Waals surface area contributed by atoms with E-state index in [-0.39, 0.29) is 11.9 Å². The largest absolute Gasteiger partial charge is 0.469 e. The summed E-state index contributed by atoms with van der Waals surface area (Å²) < 4.78 is 6.73. The Balaban J connectivity index is 1.77. The van der Waals surface area contributed by atoms with Crippen LogP contribution in [-0.2, 0) is 16.1 Å². The van der Waals surface area contributed by atoms with Gasteiger partial charge >= 0.3 is 5.97 Å². The van der Waals surface area contributed by atoms with Crippen molar-refractivity contribution < 1.29 is 9.53 Å². The lowest BCUT2D eigenvalue weighted by Gasteiger charge is -2.33. The molecule has 0 amide bonds. The Hall–Kier alpha value is -2.05. The van der Waals surface area contributed by atoms with Crippen LogP contribution in [0.5, 0.6) is 0 Å². The van der Waals surface area contributed by atoms with Gasteiger partial charge in [-0.2, -0.15) is 5.10 Å². The van der Waals surface area contributed by atoms with Crippen molar-refractivity contribution in [3.8, 4) is 0 Å². The molecule has 1 N–H and O–H groups in total. The van der Waals surface area contributed by atoms with Gasteiger partial charge in [0.2, 0.25) is 0 Å². The van der Waals surface area contributed by atoms with Gasteiger partial charge in [-0.15, -0.1) is 0 Å². The molecule has 22 heavy (non-hydrogen) atoms. The van der Waals surface area contributed by atoms with Crippen molar-refractivity contribution >= 4 is 11.9 Å². The maximum atomic E-state index is 11.5. The average molecular weight is 307 g/mol. The molecule has 0 unspecified atom stereocenters. The van der Waals surface area contributed by atoms with Crippen molar-refractivity contribution in [2.24, 2.45) is 10.9 Å². The van der Waals surface area contributed by atoms with Gasteiger partial charge in [-0.25, -0.2) is 0 Å². The number of nitrogens with zero attached hydrogens (tertiary/aromatic N) is 4. The van der Waals surface area contributed by atoms with E-state index in [2.05, 4.69) is 20.3 Å². The van der Waals surface area contributed by atoms with Gasteiger partial charge in [0.05, 0.1) is 25.8 Å². The van der Waals surface area contributed by atoms with Gasteiger partial charge in [-0.3, -0.25) is 14.5 Å². The summed E-state index contributed by atoms with van der Waals surface area (Å²) in [7, 11) is 3.24. The van der Waals surface area contributed by atoms with Crippen LogP contribution in [0.2, 0.25) is 0 Å². The SMILES string of the molecule is CN=C(NCCn1cc(C)cn1)N1CCC(C(=O)OC)CC1. The van der Waals surface area contributed by atoms with E-state index in [1.165, 1.54) is 7.11 Å². The Morgan fingerprint density at radius 1 is 1.50 bits per heavy atom. The van der Waals surface area contributed by atoms with Gasteiger partial charge in [0.1, 0.15) is 0 Å². The Kier molecular flexibility index (Phi) is 5.80. The molecule has 1 aromatic rings. The lowest BCUT2D eigenvalue weighted by atomic mass is 9.97. The van der Waals surface area contributed by atoms with Crippen molar-refractivity contribution in [1.29, 1.82) is 0 Å². The van der Waals surface area contributed by atoms with Crippen LogP contribution in [0, 0.1) is 12.8 Å². The molecule has 0 aromatic carbocycles. The number of nitrogens with one attached hydrogen (secondary N) is 1. The van der Waals surface area contributed by atoms with Crippen LogP contribution in [0.25, 0.3) is 0 Å². The van der Waals surface area contributed by atoms with Crippen LogP contribution in [0.4, 0.5) is 0 Å². The molecule has 1 aliphatic rings. The van der Waals surface area contributed by atoms with E-state index >= 15 is 0 Å². The predicted octanol–water partition coefficient (Wildman–Crippen LogP) is 0.652. The Morgan fingerprint density at radius 2 is 2.23 bits per heavy atom. The summed E-state index contributed by atoms with van der Waals surface area (Å²) in [5.74, 6) is 0.801. The number of ether oxygens (including phenoxy) is 1. The molecule has 0 atom stereocenters. The zero-order valence-electron chi connectivity index (χ0n) is 13.6. The molecule has 0 bridgehead atoms. The van der Waals surface area contributed by atoms with E-state index in [1.54, 1.807) is 7.05 Å². The minimum absolute atomic E-state index is 0.0198. The fraction of sp³-hybridized carbons (Fsp3) is 0.667. The van der Waals surface area contributed by atoms with Crippen molar-refractivity contribution in [3.05, 3.63) is 18.0 Å². The smallest absolute Gasteiger partial charge is 0.308 e. The van der Waals surface area contributed by atoms with Crippen molar-refractivity contribution in [1.82, 2.24) is 20.0 Å². The molecule has 0 radical (unpaired) electrons. The molecule has 1 aliphatic heterocycles. The summed E-state index contributed by atoms with van der Waals surface area (Å²) in [4.78, 5) is 18.1. The van der Waals surface area contributed by atoms with E-state index in [0.29, 0.717) is 0 Å². The summed E-state index contributed by atoms with van der Waals surface area (Å²) in [5, 5.41) is 7.62. The Bertz CT molecular complexity index is 518. The Labute approximate surface area is 131 Å². The number of rotatable bonds is 4. The zero-order chi connectivity index (χ0) is 15.9. The summed E-state index contributed by atoms with van der Waals surface area (Å²) in [5.41, 5.74) is 1.16. The number of aryl methyl sites for hydroxylation is 1. The molecule has 0 saturated carbocycles. The van der Waals surface area contributed by atoms with Crippen LogP contribution in [0.1, 0.15) is 18.4 Å². The minimum Gasteiger partial charge on any atom is -0.469 e. The molecule has 2 heterocycles. The number of hydrogen-bond donors (Lipinski definition) is 1. The first-order chi connectivity index (χ1) is 10.6.